The van der Waals surface area contributed by atoms with E-state index in [0.29, 0.717) is 49.5 Å². The Morgan fingerprint density at radius 3 is 1.79 bits per heavy atom. The van der Waals surface area contributed by atoms with Crippen molar-refractivity contribution in [2.75, 3.05) is 40.5 Å². The van der Waals surface area contributed by atoms with Crippen molar-refractivity contribution in [3.05, 3.63) is 59.7 Å². The Morgan fingerprint density at radius 2 is 1.29 bits per heavy atom. The minimum absolute atomic E-state index is 0.0448. The van der Waals surface area contributed by atoms with Gasteiger partial charge in [-0.2, -0.15) is 0 Å². The summed E-state index contributed by atoms with van der Waals surface area (Å²) in [6.07, 6.45) is 12.7. The third-order valence-electron chi connectivity index (χ3n) is 10.8. The second-order valence-electron chi connectivity index (χ2n) is 19.2. The van der Waals surface area contributed by atoms with Gasteiger partial charge in [-0.25, -0.2) is 0 Å². The molecule has 0 heterocycles. The molecule has 0 aromatic heterocycles. The highest BCUT2D eigenvalue weighted by Gasteiger charge is 2.30. The summed E-state index contributed by atoms with van der Waals surface area (Å²) in [6, 6.07) is 12.7. The maximum atomic E-state index is 12.9. The van der Waals surface area contributed by atoms with Crippen LogP contribution in [0.25, 0.3) is 0 Å². The summed E-state index contributed by atoms with van der Waals surface area (Å²) in [5.41, 5.74) is 1.18. The fourth-order valence-corrected chi connectivity index (χ4v) is 6.65. The number of benzene rings is 2. The van der Waals surface area contributed by atoms with Crippen molar-refractivity contribution in [2.45, 2.75) is 177 Å². The van der Waals surface area contributed by atoms with Gasteiger partial charge in [0, 0.05) is 38.5 Å². The van der Waals surface area contributed by atoms with Crippen molar-refractivity contribution in [3.8, 4) is 11.5 Å². The highest BCUT2D eigenvalue weighted by molar-refractivity contribution is 5.93. The number of carbonyl (C=O) groups excluding carboxylic acids is 6. The van der Waals surface area contributed by atoms with Crippen LogP contribution in [-0.4, -0.2) is 93.0 Å². The molecule has 1 aliphatic rings. The second kappa shape index (κ2) is 37.1. The van der Waals surface area contributed by atoms with Gasteiger partial charge >= 0.3 is 0 Å². The van der Waals surface area contributed by atoms with Crippen LogP contribution in [0.3, 0.4) is 0 Å². The zero-order valence-corrected chi connectivity index (χ0v) is 43.9. The smallest absolute Gasteiger partial charge is 0.251 e. The molecule has 4 atom stereocenters. The Bertz CT molecular complexity index is 1710. The molecule has 1 aliphatic carbocycles. The number of Topliss-reactive ketones (excluding diaryl/α,β-unsaturated/α-hetero) is 2. The van der Waals surface area contributed by atoms with E-state index in [1.54, 1.807) is 56.7 Å². The molecule has 0 aliphatic heterocycles. The van der Waals surface area contributed by atoms with Gasteiger partial charge in [-0.15, -0.1) is 0 Å². The van der Waals surface area contributed by atoms with Gasteiger partial charge in [0.2, 0.25) is 17.7 Å². The third-order valence-corrected chi connectivity index (χ3v) is 10.8. The van der Waals surface area contributed by atoms with Gasteiger partial charge in [-0.05, 0) is 54.4 Å². The predicted octanol–water partition coefficient (Wildman–Crippen LogP) is 8.80. The van der Waals surface area contributed by atoms with Gasteiger partial charge in [0.1, 0.15) is 23.3 Å². The van der Waals surface area contributed by atoms with Crippen molar-refractivity contribution in [2.24, 2.45) is 17.3 Å². The molecule has 1 saturated carbocycles. The number of methoxy groups -OCH3 is 2. The number of amides is 4. The molecule has 2 aromatic rings. The molecule has 0 radical (unpaired) electrons. The molecular weight excluding hydrogens is 865 g/mol. The number of aliphatic hydroxyl groups excluding tert-OH is 1. The summed E-state index contributed by atoms with van der Waals surface area (Å²) in [5, 5.41) is 21.0. The fraction of sp³-hybridized carbons (Fsp3) is 0.667. The lowest BCUT2D eigenvalue weighted by molar-refractivity contribution is -0.135. The number of hydrogen-bond acceptors (Lipinski definition) is 10. The molecule has 3 rings (SSSR count). The molecular formula is C54H90N4O10. The average Bonchev–Trinajstić information content (AvgIpc) is 3.31. The van der Waals surface area contributed by atoms with Crippen molar-refractivity contribution in [3.63, 3.8) is 0 Å². The molecule has 14 heteroatoms. The van der Waals surface area contributed by atoms with Gasteiger partial charge in [0.15, 0.2) is 11.9 Å². The largest absolute Gasteiger partial charge is 0.497 e. The number of aliphatic hydroxyl groups is 1. The van der Waals surface area contributed by atoms with Crippen LogP contribution >= 0.6 is 0 Å². The molecule has 5 N–H and O–H groups in total. The standard InChI is InChI=1S/C27H43N3O5.C16H23NO5.C6H12.C5H12/c1-7-12-18(3)25(34)29-20(13-8-2)24(33)26(35)28-17-22(32)30-23(19-14-10-9-11-15-19)21(31)16-27(4,5)6;1-12(18)11-17-16(19)9-13-7-14(21-3)10-15(8-13)22-6-4-5-20-2;1-2-4-6-5-3-1;1-4-5(2)3/h9-11,14-15,18,20,23-24,33H,7-8,12-13,16-17H2,1-6H3,(H,28,35)(H,29,34)(H,30,32);7-8,10H,4-6,9,11H2,1-3H3,(H,17,19);1-6H2;5H,4H2,1-3H3. The third kappa shape index (κ3) is 31.3. The number of rotatable bonds is 25. The first kappa shape index (κ1) is 63.2. The molecule has 4 amide bonds. The number of hydrogen-bond donors (Lipinski definition) is 5. The Balaban J connectivity index is 0.00000114. The number of carbonyl (C=O) groups is 6. The summed E-state index contributed by atoms with van der Waals surface area (Å²) in [5.74, 6) is -0.00348. The number of ketones is 2. The summed E-state index contributed by atoms with van der Waals surface area (Å²) in [4.78, 5) is 73.1. The molecule has 0 bridgehead atoms. The van der Waals surface area contributed by atoms with E-state index >= 15 is 0 Å². The lowest BCUT2D eigenvalue weighted by atomic mass is 9.86. The number of ether oxygens (including phenoxy) is 3. The van der Waals surface area contributed by atoms with E-state index in [2.05, 4.69) is 42.0 Å². The molecule has 0 spiro atoms. The van der Waals surface area contributed by atoms with E-state index in [1.807, 2.05) is 47.6 Å². The van der Waals surface area contributed by atoms with Crippen LogP contribution in [0.4, 0.5) is 0 Å². The summed E-state index contributed by atoms with van der Waals surface area (Å²) in [6.45, 7) is 20.4. The minimum Gasteiger partial charge on any atom is -0.497 e. The first-order valence-electron chi connectivity index (χ1n) is 24.9. The van der Waals surface area contributed by atoms with Crippen LogP contribution in [0.1, 0.15) is 170 Å². The van der Waals surface area contributed by atoms with Crippen molar-refractivity contribution >= 4 is 35.2 Å². The van der Waals surface area contributed by atoms with Gasteiger partial charge in [0.05, 0.1) is 39.3 Å². The molecule has 386 valence electrons. The quantitative estimate of drug-likeness (QED) is 0.0600. The van der Waals surface area contributed by atoms with Crippen molar-refractivity contribution < 1.29 is 48.1 Å². The monoisotopic (exact) mass is 955 g/mol. The molecule has 1 fully saturated rings. The van der Waals surface area contributed by atoms with E-state index in [9.17, 15) is 33.9 Å². The summed E-state index contributed by atoms with van der Waals surface area (Å²) < 4.78 is 15.8. The topological polar surface area (TPSA) is 198 Å². The highest BCUT2D eigenvalue weighted by atomic mass is 16.5. The molecule has 4 unspecified atom stereocenters. The van der Waals surface area contributed by atoms with Crippen LogP contribution in [-0.2, 0) is 39.9 Å². The van der Waals surface area contributed by atoms with E-state index in [4.69, 9.17) is 14.2 Å². The Kier molecular flexibility index (Phi) is 34.5. The first-order valence-corrected chi connectivity index (χ1v) is 24.9. The van der Waals surface area contributed by atoms with Crippen LogP contribution in [0, 0.1) is 17.3 Å². The zero-order chi connectivity index (χ0) is 51.5. The highest BCUT2D eigenvalue weighted by Crippen LogP contribution is 2.25. The fourth-order valence-electron chi connectivity index (χ4n) is 6.65. The summed E-state index contributed by atoms with van der Waals surface area (Å²) in [7, 11) is 3.20. The average molecular weight is 955 g/mol. The first-order chi connectivity index (χ1) is 32.2. The maximum absolute atomic E-state index is 12.9. The van der Waals surface area contributed by atoms with Crippen LogP contribution in [0.5, 0.6) is 11.5 Å². The SMILES string of the molecule is C1CCCCC1.CCC(C)C.CCCC(C)C(=O)NC(CCC)C(O)C(=O)NCC(=O)NC(C(=O)CC(C)(C)C)c1ccccc1.COCCCOc1cc(CC(=O)NCC(C)=O)cc(OC)c1. The lowest BCUT2D eigenvalue weighted by Crippen LogP contribution is -2.53. The van der Waals surface area contributed by atoms with Crippen LogP contribution in [0.15, 0.2) is 48.5 Å². The normalized spacial score (nSPS) is 13.7. The predicted molar refractivity (Wildman–Crippen MR) is 272 cm³/mol. The van der Waals surface area contributed by atoms with E-state index < -0.39 is 36.5 Å². The number of nitrogens with one attached hydrogen (secondary N) is 4. The Morgan fingerprint density at radius 1 is 0.721 bits per heavy atom. The lowest BCUT2D eigenvalue weighted by Gasteiger charge is -2.25. The van der Waals surface area contributed by atoms with E-state index in [0.717, 1.165) is 24.3 Å². The van der Waals surface area contributed by atoms with Crippen molar-refractivity contribution in [1.29, 1.82) is 0 Å². The zero-order valence-electron chi connectivity index (χ0n) is 43.9. The van der Waals surface area contributed by atoms with Crippen LogP contribution in [0.2, 0.25) is 0 Å². The Hall–Kier alpha value is -4.82. The summed E-state index contributed by atoms with van der Waals surface area (Å²) >= 11 is 0. The molecule has 14 nitrogen and oxygen atoms in total. The molecule has 68 heavy (non-hydrogen) atoms. The molecule has 0 saturated heterocycles. The van der Waals surface area contributed by atoms with E-state index in [1.165, 1.54) is 51.9 Å². The van der Waals surface area contributed by atoms with Gasteiger partial charge in [-0.1, -0.05) is 150 Å². The second-order valence-corrected chi connectivity index (χ2v) is 19.2. The van der Waals surface area contributed by atoms with Gasteiger partial charge in [-0.3, -0.25) is 28.8 Å². The maximum Gasteiger partial charge on any atom is 0.251 e. The van der Waals surface area contributed by atoms with Crippen molar-refractivity contribution in [1.82, 2.24) is 21.3 Å². The van der Waals surface area contributed by atoms with Gasteiger partial charge in [0.25, 0.3) is 5.91 Å². The van der Waals surface area contributed by atoms with E-state index in [-0.39, 0.29) is 54.1 Å². The van der Waals surface area contributed by atoms with Crippen LogP contribution < -0.4 is 30.7 Å². The van der Waals surface area contributed by atoms with Gasteiger partial charge < -0.3 is 40.6 Å². The molecule has 2 aromatic carbocycles. The minimum atomic E-state index is -1.49. The Labute approximate surface area is 409 Å².